The fourth-order valence-corrected chi connectivity index (χ4v) is 2.44. The van der Waals surface area contributed by atoms with Crippen LogP contribution in [0, 0.1) is 11.3 Å². The molecule has 0 fully saturated rings. The second-order valence-electron chi connectivity index (χ2n) is 5.04. The molecule has 24 heavy (non-hydrogen) atoms. The Morgan fingerprint density at radius 1 is 1.25 bits per heavy atom. The van der Waals surface area contributed by atoms with Gasteiger partial charge in [0.2, 0.25) is 0 Å². The first-order valence-electron chi connectivity index (χ1n) is 7.16. The molecular formula is C18H14N4O2. The Bertz CT molecular complexity index is 922. The van der Waals surface area contributed by atoms with Crippen LogP contribution in [-0.4, -0.2) is 22.6 Å². The van der Waals surface area contributed by atoms with Gasteiger partial charge < -0.3 is 15.0 Å². The molecule has 0 aliphatic heterocycles. The third-order valence-electron chi connectivity index (χ3n) is 3.65. The zero-order valence-electron chi connectivity index (χ0n) is 12.9. The molecule has 2 N–H and O–H groups in total. The van der Waals surface area contributed by atoms with Crippen LogP contribution in [0.3, 0.4) is 0 Å². The largest absolute Gasteiger partial charge is 0.464 e. The molecule has 0 aliphatic carbocycles. The molecule has 0 atom stereocenters. The predicted octanol–water partition coefficient (Wildman–Crippen LogP) is 2.78. The van der Waals surface area contributed by atoms with Gasteiger partial charge in [0, 0.05) is 23.6 Å². The van der Waals surface area contributed by atoms with Crippen molar-refractivity contribution >= 4 is 11.7 Å². The smallest absolute Gasteiger partial charge is 0.357 e. The Kier molecular flexibility index (Phi) is 4.00. The highest BCUT2D eigenvalue weighted by molar-refractivity contribution is 5.96. The summed E-state index contributed by atoms with van der Waals surface area (Å²) in [5.74, 6) is -0.595. The third kappa shape index (κ3) is 2.59. The molecule has 118 valence electrons. The molecular weight excluding hydrogens is 304 g/mol. The van der Waals surface area contributed by atoms with E-state index in [4.69, 9.17) is 15.7 Å². The topological polar surface area (TPSA) is 93.9 Å². The van der Waals surface area contributed by atoms with Gasteiger partial charge in [-0.05, 0) is 24.3 Å². The molecule has 0 bridgehead atoms. The van der Waals surface area contributed by atoms with Crippen molar-refractivity contribution in [3.05, 3.63) is 66.1 Å². The molecule has 0 saturated carbocycles. The van der Waals surface area contributed by atoms with Crippen molar-refractivity contribution in [2.75, 3.05) is 12.8 Å². The summed E-state index contributed by atoms with van der Waals surface area (Å²) in [7, 11) is 1.27. The minimum absolute atomic E-state index is 0.109. The van der Waals surface area contributed by atoms with Crippen LogP contribution in [-0.2, 0) is 4.74 Å². The number of nitrogen functional groups attached to an aromatic ring is 1. The number of hydrogen-bond acceptors (Lipinski definition) is 5. The van der Waals surface area contributed by atoms with Gasteiger partial charge in [0.1, 0.15) is 6.07 Å². The standard InChI is InChI=1S/C18H14N4O2/c1-24-18(23)17-16(20)13(10-19)11-22(17)14-7-5-12(6-8-14)15-4-2-3-9-21-15/h2-9,11H,20H2,1H3. The lowest BCUT2D eigenvalue weighted by molar-refractivity contribution is 0.0593. The summed E-state index contributed by atoms with van der Waals surface area (Å²) in [6.07, 6.45) is 3.25. The number of nitrogens with zero attached hydrogens (tertiary/aromatic N) is 3. The maximum absolute atomic E-state index is 12.0. The third-order valence-corrected chi connectivity index (χ3v) is 3.65. The number of ether oxygens (including phenoxy) is 1. The Morgan fingerprint density at radius 3 is 2.58 bits per heavy atom. The van der Waals surface area contributed by atoms with Crippen LogP contribution in [0.2, 0.25) is 0 Å². The number of anilines is 1. The number of carbonyl (C=O) groups excluding carboxylic acids is 1. The lowest BCUT2D eigenvalue weighted by atomic mass is 10.1. The summed E-state index contributed by atoms with van der Waals surface area (Å²) >= 11 is 0. The minimum Gasteiger partial charge on any atom is -0.464 e. The number of aromatic nitrogens is 2. The fraction of sp³-hybridized carbons (Fsp3) is 0.0556. The fourth-order valence-electron chi connectivity index (χ4n) is 2.44. The summed E-state index contributed by atoms with van der Waals surface area (Å²) in [5.41, 5.74) is 8.86. The van der Waals surface area contributed by atoms with E-state index in [0.29, 0.717) is 5.69 Å². The van der Waals surface area contributed by atoms with Crippen molar-refractivity contribution in [2.24, 2.45) is 0 Å². The van der Waals surface area contributed by atoms with Crippen molar-refractivity contribution in [1.82, 2.24) is 9.55 Å². The molecule has 0 aliphatic rings. The van der Waals surface area contributed by atoms with E-state index in [2.05, 4.69) is 4.98 Å². The molecule has 2 heterocycles. The highest BCUT2D eigenvalue weighted by Gasteiger charge is 2.21. The Morgan fingerprint density at radius 2 is 2.00 bits per heavy atom. The van der Waals surface area contributed by atoms with Crippen LogP contribution in [0.25, 0.3) is 16.9 Å². The Balaban J connectivity index is 2.07. The van der Waals surface area contributed by atoms with Crippen LogP contribution >= 0.6 is 0 Å². The summed E-state index contributed by atoms with van der Waals surface area (Å²) in [6, 6.07) is 15.1. The van der Waals surface area contributed by atoms with Gasteiger partial charge in [-0.1, -0.05) is 18.2 Å². The highest BCUT2D eigenvalue weighted by atomic mass is 16.5. The summed E-state index contributed by atoms with van der Waals surface area (Å²) in [6.45, 7) is 0. The molecule has 3 rings (SSSR count). The number of methoxy groups -OCH3 is 1. The van der Waals surface area contributed by atoms with Crippen LogP contribution in [0.5, 0.6) is 0 Å². The maximum atomic E-state index is 12.0. The van der Waals surface area contributed by atoms with E-state index in [1.165, 1.54) is 13.3 Å². The first-order chi connectivity index (χ1) is 11.7. The average Bonchev–Trinajstić information content (AvgIpc) is 2.98. The van der Waals surface area contributed by atoms with Gasteiger partial charge >= 0.3 is 5.97 Å². The van der Waals surface area contributed by atoms with Crippen molar-refractivity contribution in [3.8, 4) is 23.0 Å². The Hall–Kier alpha value is -3.59. The first kappa shape index (κ1) is 15.3. The second-order valence-corrected chi connectivity index (χ2v) is 5.04. The van der Waals surface area contributed by atoms with Crippen molar-refractivity contribution in [3.63, 3.8) is 0 Å². The van der Waals surface area contributed by atoms with Gasteiger partial charge in [0.05, 0.1) is 24.1 Å². The summed E-state index contributed by atoms with van der Waals surface area (Å²) in [5, 5.41) is 9.15. The number of nitrogens with two attached hydrogens (primary N) is 1. The Labute approximate surface area is 138 Å². The zero-order valence-corrected chi connectivity index (χ0v) is 12.9. The molecule has 0 unspecified atom stereocenters. The van der Waals surface area contributed by atoms with E-state index >= 15 is 0 Å². The van der Waals surface area contributed by atoms with E-state index in [-0.39, 0.29) is 16.9 Å². The molecule has 6 heteroatoms. The molecule has 6 nitrogen and oxygen atoms in total. The number of hydrogen-bond donors (Lipinski definition) is 1. The number of nitriles is 1. The normalized spacial score (nSPS) is 10.2. The van der Waals surface area contributed by atoms with E-state index in [9.17, 15) is 4.79 Å². The first-order valence-corrected chi connectivity index (χ1v) is 7.16. The molecule has 0 radical (unpaired) electrons. The van der Waals surface area contributed by atoms with Crippen LogP contribution in [0.15, 0.2) is 54.9 Å². The molecule has 0 saturated heterocycles. The lowest BCUT2D eigenvalue weighted by Crippen LogP contribution is -2.11. The van der Waals surface area contributed by atoms with E-state index in [0.717, 1.165) is 11.3 Å². The average molecular weight is 318 g/mol. The number of pyridine rings is 1. The molecule has 1 aromatic carbocycles. The molecule has 2 aromatic heterocycles. The molecule has 0 amide bonds. The van der Waals surface area contributed by atoms with Crippen molar-refractivity contribution < 1.29 is 9.53 Å². The van der Waals surface area contributed by atoms with Gasteiger partial charge in [0.15, 0.2) is 5.69 Å². The quantitative estimate of drug-likeness (QED) is 0.749. The summed E-state index contributed by atoms with van der Waals surface area (Å²) in [4.78, 5) is 16.3. The van der Waals surface area contributed by atoms with Crippen LogP contribution in [0.1, 0.15) is 16.1 Å². The van der Waals surface area contributed by atoms with Crippen LogP contribution < -0.4 is 5.73 Å². The number of esters is 1. The van der Waals surface area contributed by atoms with Crippen LogP contribution in [0.4, 0.5) is 5.69 Å². The van der Waals surface area contributed by atoms with E-state index < -0.39 is 5.97 Å². The highest BCUT2D eigenvalue weighted by Crippen LogP contribution is 2.26. The number of carbonyl (C=O) groups is 1. The van der Waals surface area contributed by atoms with Gasteiger partial charge in [0.25, 0.3) is 0 Å². The minimum atomic E-state index is -0.595. The summed E-state index contributed by atoms with van der Waals surface area (Å²) < 4.78 is 6.33. The number of benzene rings is 1. The maximum Gasteiger partial charge on any atom is 0.357 e. The van der Waals surface area contributed by atoms with E-state index in [1.807, 2.05) is 48.5 Å². The van der Waals surface area contributed by atoms with Gasteiger partial charge in [-0.2, -0.15) is 5.26 Å². The van der Waals surface area contributed by atoms with Crippen molar-refractivity contribution in [1.29, 1.82) is 5.26 Å². The van der Waals surface area contributed by atoms with Crippen molar-refractivity contribution in [2.45, 2.75) is 0 Å². The second kappa shape index (κ2) is 6.26. The van der Waals surface area contributed by atoms with Gasteiger partial charge in [-0.25, -0.2) is 4.79 Å². The van der Waals surface area contributed by atoms with E-state index in [1.54, 1.807) is 10.8 Å². The monoisotopic (exact) mass is 318 g/mol. The predicted molar refractivity (Wildman–Crippen MR) is 89.5 cm³/mol. The molecule has 0 spiro atoms. The SMILES string of the molecule is COC(=O)c1c(N)c(C#N)cn1-c1ccc(-c2ccccn2)cc1. The molecule has 3 aromatic rings. The number of rotatable bonds is 3. The van der Waals surface area contributed by atoms with Gasteiger partial charge in [-0.15, -0.1) is 0 Å². The zero-order chi connectivity index (χ0) is 17.1. The lowest BCUT2D eigenvalue weighted by Gasteiger charge is -2.09. The van der Waals surface area contributed by atoms with Gasteiger partial charge in [-0.3, -0.25) is 4.98 Å².